The summed E-state index contributed by atoms with van der Waals surface area (Å²) in [7, 11) is 1.99. The number of hydrogen-bond donors (Lipinski definition) is 2. The van der Waals surface area contributed by atoms with E-state index in [1.807, 2.05) is 19.2 Å². The summed E-state index contributed by atoms with van der Waals surface area (Å²) in [6.07, 6.45) is 6.02. The summed E-state index contributed by atoms with van der Waals surface area (Å²) in [6, 6.07) is 9.49. The van der Waals surface area contributed by atoms with Crippen LogP contribution in [0.3, 0.4) is 0 Å². The van der Waals surface area contributed by atoms with E-state index in [-0.39, 0.29) is 30.1 Å². The smallest absolute Gasteiger partial charge is 0.273 e. The minimum atomic E-state index is -0.348. The summed E-state index contributed by atoms with van der Waals surface area (Å²) < 4.78 is 7.07. The zero-order valence-corrected chi connectivity index (χ0v) is 27.3. The molecule has 236 valence electrons. The SMILES string of the molecule is Cc1cc(C(=O)NCc2ccc(Cl)c(Cc3nc4cc(C(=O)NC5CCC(C)CC5)c(N5CC6CC6C5)cc4n3C)c2Cl)no1. The molecule has 0 spiro atoms. The number of fused-ring (bicyclic) bond motifs is 2. The Morgan fingerprint density at radius 3 is 2.51 bits per heavy atom. The molecule has 3 aliphatic rings. The number of carbonyl (C=O) groups is 2. The maximum absolute atomic E-state index is 13.8. The third-order valence-corrected chi connectivity index (χ3v) is 10.7. The van der Waals surface area contributed by atoms with Crippen molar-refractivity contribution in [2.75, 3.05) is 18.0 Å². The van der Waals surface area contributed by atoms with E-state index in [1.165, 1.54) is 6.42 Å². The molecule has 1 aliphatic heterocycles. The van der Waals surface area contributed by atoms with Crippen LogP contribution in [0.25, 0.3) is 11.0 Å². The van der Waals surface area contributed by atoms with Crippen LogP contribution in [0, 0.1) is 24.7 Å². The average Bonchev–Trinajstić information content (AvgIpc) is 3.30. The third kappa shape index (κ3) is 6.04. The molecule has 2 unspecified atom stereocenters. The lowest BCUT2D eigenvalue weighted by Gasteiger charge is -2.28. The lowest BCUT2D eigenvalue weighted by atomic mass is 9.87. The van der Waals surface area contributed by atoms with Crippen molar-refractivity contribution >= 4 is 51.7 Å². The van der Waals surface area contributed by atoms with Crippen LogP contribution in [0.2, 0.25) is 10.0 Å². The molecule has 2 aromatic carbocycles. The molecule has 3 heterocycles. The predicted octanol–water partition coefficient (Wildman–Crippen LogP) is 6.46. The number of aryl methyl sites for hydroxylation is 2. The van der Waals surface area contributed by atoms with Gasteiger partial charge in [0, 0.05) is 50.2 Å². The normalized spacial score (nSPS) is 22.5. The minimum Gasteiger partial charge on any atom is -0.370 e. The molecule has 2 aliphatic carbocycles. The number of anilines is 1. The maximum Gasteiger partial charge on any atom is 0.273 e. The fourth-order valence-corrected chi connectivity index (χ4v) is 7.55. The zero-order chi connectivity index (χ0) is 31.4. The van der Waals surface area contributed by atoms with Crippen molar-refractivity contribution in [2.24, 2.45) is 24.8 Å². The van der Waals surface area contributed by atoms with Crippen molar-refractivity contribution < 1.29 is 14.1 Å². The number of imidazole rings is 1. The van der Waals surface area contributed by atoms with Gasteiger partial charge in [0.25, 0.3) is 11.8 Å². The number of halogens is 2. The average molecular weight is 650 g/mol. The Kier molecular flexibility index (Phi) is 8.02. The first kappa shape index (κ1) is 30.1. The molecule has 7 rings (SSSR count). The predicted molar refractivity (Wildman–Crippen MR) is 175 cm³/mol. The zero-order valence-electron chi connectivity index (χ0n) is 25.8. The van der Waals surface area contributed by atoms with Gasteiger partial charge >= 0.3 is 0 Å². The highest BCUT2D eigenvalue weighted by molar-refractivity contribution is 6.36. The van der Waals surface area contributed by atoms with E-state index in [4.69, 9.17) is 32.7 Å². The number of nitrogens with one attached hydrogen (secondary N) is 2. The van der Waals surface area contributed by atoms with Crippen molar-refractivity contribution in [3.05, 3.63) is 74.3 Å². The number of aromatic nitrogens is 3. The number of nitrogens with zero attached hydrogens (tertiary/aromatic N) is 4. The van der Waals surface area contributed by atoms with E-state index in [1.54, 1.807) is 19.1 Å². The summed E-state index contributed by atoms with van der Waals surface area (Å²) in [5, 5.41) is 11.0. The van der Waals surface area contributed by atoms with Gasteiger partial charge in [-0.05, 0) is 86.1 Å². The van der Waals surface area contributed by atoms with Crippen LogP contribution < -0.4 is 15.5 Å². The Morgan fingerprint density at radius 2 is 1.80 bits per heavy atom. The number of piperidine rings is 1. The van der Waals surface area contributed by atoms with Crippen molar-refractivity contribution in [1.82, 2.24) is 25.3 Å². The van der Waals surface area contributed by atoms with Crippen LogP contribution in [-0.2, 0) is 20.0 Å². The topological polar surface area (TPSA) is 105 Å². The molecule has 3 fully saturated rings. The highest BCUT2D eigenvalue weighted by atomic mass is 35.5. The Bertz CT molecular complexity index is 1780. The van der Waals surface area contributed by atoms with Crippen LogP contribution >= 0.6 is 23.2 Å². The summed E-state index contributed by atoms with van der Waals surface area (Å²) in [5.41, 5.74) is 5.08. The molecule has 9 nitrogen and oxygen atoms in total. The second-order valence-corrected chi connectivity index (χ2v) is 14.0. The van der Waals surface area contributed by atoms with E-state index in [0.29, 0.717) is 27.8 Å². The van der Waals surface area contributed by atoms with Gasteiger partial charge in [0.05, 0.1) is 27.3 Å². The Morgan fingerprint density at radius 1 is 1.04 bits per heavy atom. The highest BCUT2D eigenvalue weighted by Gasteiger charge is 2.46. The standard InChI is InChI=1S/C34H38Cl2N6O3/c1-18-4-7-23(8-5-18)38-33(43)25-12-27-30(14-29(25)42-16-21-11-22(21)17-42)41(3)31(39-27)13-24-26(35)9-6-20(32(24)36)15-37-34(44)28-10-19(2)45-40-28/h6,9-10,12,14,18,21-23H,4-5,7-8,11,13,15-17H2,1-3H3,(H,37,44)(H,38,43). The van der Waals surface area contributed by atoms with Crippen molar-refractivity contribution in [2.45, 2.75) is 65.0 Å². The van der Waals surface area contributed by atoms with Gasteiger partial charge in [-0.15, -0.1) is 0 Å². The third-order valence-electron chi connectivity index (χ3n) is 9.91. The van der Waals surface area contributed by atoms with Crippen LogP contribution in [0.4, 0.5) is 5.69 Å². The molecular formula is C34H38Cl2N6O3. The minimum absolute atomic E-state index is 0.0131. The monoisotopic (exact) mass is 648 g/mol. The maximum atomic E-state index is 13.8. The summed E-state index contributed by atoms with van der Waals surface area (Å²) in [6.45, 7) is 6.21. The summed E-state index contributed by atoms with van der Waals surface area (Å²) in [5.74, 6) is 3.17. The van der Waals surface area contributed by atoms with Gasteiger partial charge in [-0.25, -0.2) is 4.98 Å². The van der Waals surface area contributed by atoms with Gasteiger partial charge in [0.1, 0.15) is 11.6 Å². The molecule has 0 bridgehead atoms. The molecule has 11 heteroatoms. The Balaban J connectivity index is 1.16. The van der Waals surface area contributed by atoms with Gasteiger partial charge in [-0.1, -0.05) is 41.3 Å². The quantitative estimate of drug-likeness (QED) is 0.227. The van der Waals surface area contributed by atoms with Crippen LogP contribution in [-0.4, -0.2) is 45.7 Å². The number of rotatable bonds is 8. The molecule has 45 heavy (non-hydrogen) atoms. The van der Waals surface area contributed by atoms with Crippen LogP contribution in [0.1, 0.15) is 82.6 Å². The van der Waals surface area contributed by atoms with Crippen molar-refractivity contribution in [3.8, 4) is 0 Å². The highest BCUT2D eigenvalue weighted by Crippen LogP contribution is 2.47. The van der Waals surface area contributed by atoms with Gasteiger partial charge in [0.15, 0.2) is 5.69 Å². The second-order valence-electron chi connectivity index (χ2n) is 13.2. The summed E-state index contributed by atoms with van der Waals surface area (Å²) in [4.78, 5) is 33.7. The molecule has 2 atom stereocenters. The molecule has 1 saturated heterocycles. The van der Waals surface area contributed by atoms with Crippen molar-refractivity contribution in [3.63, 3.8) is 0 Å². The molecule has 2 aromatic heterocycles. The fraction of sp³-hybridized carbons (Fsp3) is 0.471. The molecule has 2 amide bonds. The lowest BCUT2D eigenvalue weighted by Crippen LogP contribution is -2.38. The van der Waals surface area contributed by atoms with Gasteiger partial charge in [-0.2, -0.15) is 0 Å². The van der Waals surface area contributed by atoms with E-state index < -0.39 is 0 Å². The first-order valence-electron chi connectivity index (χ1n) is 15.9. The number of benzene rings is 2. The van der Waals surface area contributed by atoms with E-state index in [2.05, 4.69) is 38.2 Å². The molecular weight excluding hydrogens is 611 g/mol. The van der Waals surface area contributed by atoms with E-state index >= 15 is 0 Å². The van der Waals surface area contributed by atoms with Crippen LogP contribution in [0.5, 0.6) is 0 Å². The number of carbonyl (C=O) groups excluding carboxylic acids is 2. The Labute approximate surface area is 272 Å². The molecule has 4 aromatic rings. The molecule has 2 N–H and O–H groups in total. The Hall–Kier alpha value is -3.56. The largest absolute Gasteiger partial charge is 0.370 e. The lowest BCUT2D eigenvalue weighted by molar-refractivity contribution is 0.0920. The van der Waals surface area contributed by atoms with Crippen molar-refractivity contribution in [1.29, 1.82) is 0 Å². The number of amides is 2. The first-order chi connectivity index (χ1) is 21.6. The van der Waals surface area contributed by atoms with Gasteiger partial charge in [-0.3, -0.25) is 9.59 Å². The summed E-state index contributed by atoms with van der Waals surface area (Å²) >= 11 is 13.5. The van der Waals surface area contributed by atoms with Gasteiger partial charge in [0.2, 0.25) is 0 Å². The number of hydrogen-bond acceptors (Lipinski definition) is 6. The van der Waals surface area contributed by atoms with E-state index in [0.717, 1.165) is 90.2 Å². The molecule has 0 radical (unpaired) electrons. The van der Waals surface area contributed by atoms with E-state index in [9.17, 15) is 9.59 Å². The fourth-order valence-electron chi connectivity index (χ4n) is 6.98. The first-order valence-corrected chi connectivity index (χ1v) is 16.6. The molecule has 2 saturated carbocycles. The second kappa shape index (κ2) is 12.0. The van der Waals surface area contributed by atoms with Crippen LogP contribution in [0.15, 0.2) is 34.9 Å². The van der Waals surface area contributed by atoms with Gasteiger partial charge < -0.3 is 24.6 Å².